The Labute approximate surface area is 86.9 Å². The lowest BCUT2D eigenvalue weighted by atomic mass is 10.1. The van der Waals surface area contributed by atoms with Gasteiger partial charge in [0.05, 0.1) is 0 Å². The van der Waals surface area contributed by atoms with Crippen molar-refractivity contribution in [3.8, 4) is 0 Å². The van der Waals surface area contributed by atoms with Crippen molar-refractivity contribution in [3.63, 3.8) is 0 Å². The van der Waals surface area contributed by atoms with Crippen molar-refractivity contribution in [1.82, 2.24) is 5.09 Å². The van der Waals surface area contributed by atoms with Crippen LogP contribution in [0.15, 0.2) is 30.3 Å². The van der Waals surface area contributed by atoms with Gasteiger partial charge in [0.1, 0.15) is 0 Å². The second kappa shape index (κ2) is 5.45. The molecule has 1 saturated heterocycles. The van der Waals surface area contributed by atoms with Crippen molar-refractivity contribution in [1.29, 1.82) is 0 Å². The van der Waals surface area contributed by atoms with E-state index in [9.17, 15) is 0 Å². The Morgan fingerprint density at radius 2 is 1.86 bits per heavy atom. The predicted octanol–water partition coefficient (Wildman–Crippen LogP) is 1.67. The standard InChI is InChI=1S/C11H16NOP/c1-2-4-11(5-3-1)14-12-10-6-8-13-9-7-10/h1-5,10,12,14H,6-9H2. The van der Waals surface area contributed by atoms with Gasteiger partial charge in [-0.25, -0.2) is 0 Å². The maximum atomic E-state index is 5.31. The second-order valence-corrected chi connectivity index (χ2v) is 4.64. The van der Waals surface area contributed by atoms with E-state index in [2.05, 4.69) is 35.4 Å². The molecule has 2 rings (SSSR count). The molecule has 2 nitrogen and oxygen atoms in total. The summed E-state index contributed by atoms with van der Waals surface area (Å²) in [4.78, 5) is 0. The zero-order valence-electron chi connectivity index (χ0n) is 8.20. The second-order valence-electron chi connectivity index (χ2n) is 3.52. The molecule has 0 radical (unpaired) electrons. The highest BCUT2D eigenvalue weighted by Crippen LogP contribution is 2.13. The molecule has 0 spiro atoms. The fourth-order valence-corrected chi connectivity index (χ4v) is 2.57. The summed E-state index contributed by atoms with van der Waals surface area (Å²) in [6.07, 6.45) is 2.31. The SMILES string of the molecule is c1ccc(PNC2CCOCC2)cc1. The van der Waals surface area contributed by atoms with Crippen LogP contribution in [0, 0.1) is 0 Å². The number of hydrogen-bond acceptors (Lipinski definition) is 2. The molecule has 1 aliphatic heterocycles. The Morgan fingerprint density at radius 3 is 2.57 bits per heavy atom. The summed E-state index contributed by atoms with van der Waals surface area (Å²) in [5.41, 5.74) is 0. The summed E-state index contributed by atoms with van der Waals surface area (Å²) >= 11 is 0. The van der Waals surface area contributed by atoms with E-state index in [0.717, 1.165) is 34.8 Å². The molecule has 0 bridgehead atoms. The van der Waals surface area contributed by atoms with Crippen LogP contribution < -0.4 is 10.4 Å². The number of rotatable bonds is 3. The van der Waals surface area contributed by atoms with Crippen molar-refractivity contribution in [2.75, 3.05) is 13.2 Å². The van der Waals surface area contributed by atoms with Gasteiger partial charge in [0.2, 0.25) is 0 Å². The van der Waals surface area contributed by atoms with Gasteiger partial charge in [-0.2, -0.15) is 0 Å². The molecular formula is C11H16NOP. The molecule has 0 aliphatic carbocycles. The van der Waals surface area contributed by atoms with Crippen LogP contribution in [0.25, 0.3) is 0 Å². The van der Waals surface area contributed by atoms with E-state index >= 15 is 0 Å². The summed E-state index contributed by atoms with van der Waals surface area (Å²) in [6, 6.07) is 11.2. The average molecular weight is 209 g/mol. The van der Waals surface area contributed by atoms with Gasteiger partial charge in [0.15, 0.2) is 0 Å². The Kier molecular flexibility index (Phi) is 3.93. The van der Waals surface area contributed by atoms with Crippen molar-refractivity contribution in [2.24, 2.45) is 0 Å². The molecular weight excluding hydrogens is 193 g/mol. The van der Waals surface area contributed by atoms with E-state index in [1.807, 2.05) is 0 Å². The molecule has 76 valence electrons. The first-order valence-corrected chi connectivity index (χ1v) is 6.09. The van der Waals surface area contributed by atoms with Gasteiger partial charge in [-0.1, -0.05) is 30.3 Å². The highest BCUT2D eigenvalue weighted by atomic mass is 31.1. The van der Waals surface area contributed by atoms with Crippen LogP contribution in [0.5, 0.6) is 0 Å². The Balaban J connectivity index is 1.76. The van der Waals surface area contributed by atoms with E-state index < -0.39 is 0 Å². The van der Waals surface area contributed by atoms with Crippen molar-refractivity contribution >= 4 is 14.0 Å². The highest BCUT2D eigenvalue weighted by Gasteiger charge is 2.12. The third kappa shape index (κ3) is 3.06. The summed E-state index contributed by atoms with van der Waals surface area (Å²) in [6.45, 7) is 1.83. The van der Waals surface area contributed by atoms with Crippen LogP contribution in [-0.4, -0.2) is 19.3 Å². The molecule has 1 aliphatic rings. The minimum atomic E-state index is 0.655. The van der Waals surface area contributed by atoms with E-state index in [0.29, 0.717) is 6.04 Å². The predicted molar refractivity (Wildman–Crippen MR) is 61.4 cm³/mol. The quantitative estimate of drug-likeness (QED) is 0.765. The summed E-state index contributed by atoms with van der Waals surface area (Å²) < 4.78 is 5.31. The first-order chi connectivity index (χ1) is 6.95. The first-order valence-electron chi connectivity index (χ1n) is 5.09. The van der Waals surface area contributed by atoms with Crippen LogP contribution in [0.2, 0.25) is 0 Å². The van der Waals surface area contributed by atoms with Crippen molar-refractivity contribution in [2.45, 2.75) is 18.9 Å². The fourth-order valence-electron chi connectivity index (χ4n) is 1.55. The van der Waals surface area contributed by atoms with Gasteiger partial charge in [0.25, 0.3) is 0 Å². The van der Waals surface area contributed by atoms with Crippen molar-refractivity contribution < 1.29 is 4.74 Å². The molecule has 1 unspecified atom stereocenters. The molecule has 1 aromatic carbocycles. The molecule has 1 atom stereocenters. The lowest BCUT2D eigenvalue weighted by Crippen LogP contribution is -2.30. The molecule has 1 fully saturated rings. The zero-order valence-corrected chi connectivity index (χ0v) is 9.20. The maximum Gasteiger partial charge on any atom is 0.0480 e. The van der Waals surface area contributed by atoms with Gasteiger partial charge >= 0.3 is 0 Å². The Morgan fingerprint density at radius 1 is 1.14 bits per heavy atom. The Hall–Kier alpha value is -0.430. The molecule has 1 N–H and O–H groups in total. The smallest absolute Gasteiger partial charge is 0.0480 e. The first kappa shape index (κ1) is 10.1. The molecule has 14 heavy (non-hydrogen) atoms. The van der Waals surface area contributed by atoms with Gasteiger partial charge < -0.3 is 4.74 Å². The molecule has 1 heterocycles. The van der Waals surface area contributed by atoms with E-state index in [4.69, 9.17) is 4.74 Å². The topological polar surface area (TPSA) is 21.3 Å². The molecule has 0 aromatic heterocycles. The minimum Gasteiger partial charge on any atom is -0.381 e. The normalized spacial score (nSPS) is 19.1. The minimum absolute atomic E-state index is 0.655. The zero-order chi connectivity index (χ0) is 9.64. The van der Waals surface area contributed by atoms with Crippen LogP contribution in [-0.2, 0) is 4.74 Å². The molecule has 0 amide bonds. The number of benzene rings is 1. The van der Waals surface area contributed by atoms with Crippen LogP contribution in [0.3, 0.4) is 0 Å². The summed E-state index contributed by atoms with van der Waals surface area (Å²) in [7, 11) is 0.730. The molecule has 3 heteroatoms. The third-order valence-corrected chi connectivity index (χ3v) is 3.59. The van der Waals surface area contributed by atoms with E-state index in [1.54, 1.807) is 0 Å². The number of hydrogen-bond donors (Lipinski definition) is 1. The van der Waals surface area contributed by atoms with E-state index in [1.165, 1.54) is 5.30 Å². The van der Waals surface area contributed by atoms with Gasteiger partial charge in [-0.3, -0.25) is 5.09 Å². The van der Waals surface area contributed by atoms with Crippen LogP contribution >= 0.6 is 8.73 Å². The van der Waals surface area contributed by atoms with Gasteiger partial charge in [-0.05, 0) is 26.9 Å². The molecule has 0 saturated carbocycles. The fraction of sp³-hybridized carbons (Fsp3) is 0.455. The van der Waals surface area contributed by atoms with Crippen LogP contribution in [0.4, 0.5) is 0 Å². The van der Waals surface area contributed by atoms with E-state index in [-0.39, 0.29) is 0 Å². The maximum absolute atomic E-state index is 5.31. The Bertz CT molecular complexity index is 259. The van der Waals surface area contributed by atoms with Gasteiger partial charge in [0, 0.05) is 19.3 Å². The monoisotopic (exact) mass is 209 g/mol. The number of ether oxygens (including phenoxy) is 1. The third-order valence-electron chi connectivity index (χ3n) is 2.42. The van der Waals surface area contributed by atoms with Gasteiger partial charge in [-0.15, -0.1) is 0 Å². The molecule has 1 aromatic rings. The largest absolute Gasteiger partial charge is 0.381 e. The number of nitrogens with one attached hydrogen (secondary N) is 1. The average Bonchev–Trinajstić information content (AvgIpc) is 2.29. The summed E-state index contributed by atoms with van der Waals surface area (Å²) in [5.74, 6) is 0. The summed E-state index contributed by atoms with van der Waals surface area (Å²) in [5, 5.41) is 4.97. The van der Waals surface area contributed by atoms with Crippen LogP contribution in [0.1, 0.15) is 12.8 Å². The lowest BCUT2D eigenvalue weighted by molar-refractivity contribution is 0.0836. The lowest BCUT2D eigenvalue weighted by Gasteiger charge is -2.23. The highest BCUT2D eigenvalue weighted by molar-refractivity contribution is 7.45. The van der Waals surface area contributed by atoms with Crippen molar-refractivity contribution in [3.05, 3.63) is 30.3 Å².